The van der Waals surface area contributed by atoms with Crippen LogP contribution in [0.5, 0.6) is 0 Å². The highest BCUT2D eigenvalue weighted by Gasteiger charge is 2.23. The van der Waals surface area contributed by atoms with Gasteiger partial charge in [0.05, 0.1) is 11.1 Å². The Balaban J connectivity index is 1.60. The Bertz CT molecular complexity index is 1400. The molecule has 162 valence electrons. The normalized spacial score (nSPS) is 13.2. The van der Waals surface area contributed by atoms with Gasteiger partial charge in [-0.1, -0.05) is 30.3 Å². The summed E-state index contributed by atoms with van der Waals surface area (Å²) in [4.78, 5) is 33.0. The van der Waals surface area contributed by atoms with Crippen molar-refractivity contribution in [2.75, 3.05) is 5.32 Å². The fourth-order valence-electron chi connectivity index (χ4n) is 4.12. The fourth-order valence-corrected chi connectivity index (χ4v) is 5.37. The van der Waals surface area contributed by atoms with Crippen LogP contribution in [0.3, 0.4) is 0 Å². The molecule has 0 radical (unpaired) electrons. The Kier molecular flexibility index (Phi) is 5.30. The van der Waals surface area contributed by atoms with Crippen LogP contribution in [0, 0.1) is 11.6 Å². The smallest absolute Gasteiger partial charge is 0.263 e. The second kappa shape index (κ2) is 8.27. The molecule has 1 N–H and O–H groups in total. The van der Waals surface area contributed by atoms with Crippen LogP contribution < -0.4 is 10.9 Å². The summed E-state index contributed by atoms with van der Waals surface area (Å²) >= 11 is 1.55. The minimum absolute atomic E-state index is 0.146. The maximum atomic E-state index is 14.0. The second-order valence-corrected chi connectivity index (χ2v) is 8.84. The van der Waals surface area contributed by atoms with Crippen LogP contribution in [0.2, 0.25) is 0 Å². The lowest BCUT2D eigenvalue weighted by molar-refractivity contribution is -0.116. The van der Waals surface area contributed by atoms with Crippen LogP contribution in [0.15, 0.2) is 53.3 Å². The molecule has 0 unspecified atom stereocenters. The van der Waals surface area contributed by atoms with Gasteiger partial charge in [-0.2, -0.15) is 0 Å². The van der Waals surface area contributed by atoms with Crippen LogP contribution in [0.25, 0.3) is 21.6 Å². The van der Waals surface area contributed by atoms with Crippen molar-refractivity contribution in [3.63, 3.8) is 0 Å². The van der Waals surface area contributed by atoms with Crippen molar-refractivity contribution in [2.45, 2.75) is 32.2 Å². The van der Waals surface area contributed by atoms with E-state index in [1.807, 2.05) is 30.3 Å². The van der Waals surface area contributed by atoms with Gasteiger partial charge < -0.3 is 5.32 Å². The van der Waals surface area contributed by atoms with Gasteiger partial charge in [-0.3, -0.25) is 14.2 Å². The summed E-state index contributed by atoms with van der Waals surface area (Å²) in [5, 5.41) is 3.00. The molecule has 0 bridgehead atoms. The lowest BCUT2D eigenvalue weighted by atomic mass is 9.97. The number of anilines is 1. The van der Waals surface area contributed by atoms with Gasteiger partial charge >= 0.3 is 0 Å². The molecule has 2 aromatic carbocycles. The number of amides is 1. The number of thiophene rings is 1. The molecule has 1 aliphatic carbocycles. The largest absolute Gasteiger partial charge is 0.322 e. The van der Waals surface area contributed by atoms with E-state index in [0.717, 1.165) is 43.4 Å². The maximum Gasteiger partial charge on any atom is 0.263 e. The van der Waals surface area contributed by atoms with Gasteiger partial charge in [-0.15, -0.1) is 11.3 Å². The predicted molar refractivity (Wildman–Crippen MR) is 121 cm³/mol. The zero-order valence-corrected chi connectivity index (χ0v) is 17.8. The highest BCUT2D eigenvalue weighted by Crippen LogP contribution is 2.34. The highest BCUT2D eigenvalue weighted by atomic mass is 32.1. The van der Waals surface area contributed by atoms with E-state index < -0.39 is 17.5 Å². The number of rotatable bonds is 4. The van der Waals surface area contributed by atoms with Gasteiger partial charge in [0, 0.05) is 16.5 Å². The quantitative estimate of drug-likeness (QED) is 0.479. The molecule has 8 heteroatoms. The van der Waals surface area contributed by atoms with E-state index in [0.29, 0.717) is 27.7 Å². The van der Waals surface area contributed by atoms with Crippen LogP contribution >= 0.6 is 11.3 Å². The third kappa shape index (κ3) is 3.71. The molecule has 0 spiro atoms. The van der Waals surface area contributed by atoms with Crippen molar-refractivity contribution in [3.8, 4) is 11.4 Å². The standard InChI is InChI=1S/C24H19F2N3O2S/c25-15-10-11-18(17(26)12-15)27-20(30)13-29-22(14-6-2-1-3-7-14)28-23-21(24(29)31)16-8-4-5-9-19(16)32-23/h1-3,6-7,10-12H,4-5,8-9,13H2,(H,27,30). The van der Waals surface area contributed by atoms with E-state index in [1.54, 1.807) is 11.3 Å². The molecule has 32 heavy (non-hydrogen) atoms. The summed E-state index contributed by atoms with van der Waals surface area (Å²) in [6, 6.07) is 12.1. The Morgan fingerprint density at radius 1 is 1.09 bits per heavy atom. The van der Waals surface area contributed by atoms with Crippen LogP contribution in [-0.2, 0) is 24.2 Å². The first-order valence-electron chi connectivity index (χ1n) is 10.4. The molecule has 0 fully saturated rings. The summed E-state index contributed by atoms with van der Waals surface area (Å²) in [5.74, 6) is -1.83. The van der Waals surface area contributed by atoms with E-state index in [-0.39, 0.29) is 17.8 Å². The number of hydrogen-bond acceptors (Lipinski definition) is 4. The third-order valence-electron chi connectivity index (χ3n) is 5.61. The minimum atomic E-state index is -0.880. The second-order valence-electron chi connectivity index (χ2n) is 7.76. The molecule has 4 aromatic rings. The highest BCUT2D eigenvalue weighted by molar-refractivity contribution is 7.18. The van der Waals surface area contributed by atoms with Crippen LogP contribution in [-0.4, -0.2) is 15.5 Å². The van der Waals surface area contributed by atoms with Gasteiger partial charge in [0.2, 0.25) is 5.91 Å². The maximum absolute atomic E-state index is 14.0. The molecule has 5 rings (SSSR count). The van der Waals surface area contributed by atoms with Gasteiger partial charge in [0.25, 0.3) is 5.56 Å². The summed E-state index contributed by atoms with van der Waals surface area (Å²) in [7, 11) is 0. The van der Waals surface area contributed by atoms with Crippen molar-refractivity contribution in [1.29, 1.82) is 0 Å². The number of carbonyl (C=O) groups is 1. The first-order chi connectivity index (χ1) is 15.5. The summed E-state index contributed by atoms with van der Waals surface area (Å²) < 4.78 is 28.5. The molecule has 5 nitrogen and oxygen atoms in total. The van der Waals surface area contributed by atoms with Crippen LogP contribution in [0.4, 0.5) is 14.5 Å². The number of nitrogens with one attached hydrogen (secondary N) is 1. The average Bonchev–Trinajstić information content (AvgIpc) is 3.17. The molecule has 1 amide bonds. The molecule has 0 saturated heterocycles. The van der Waals surface area contributed by atoms with E-state index in [1.165, 1.54) is 9.44 Å². The molecule has 2 heterocycles. The number of fused-ring (bicyclic) bond motifs is 3. The molecular formula is C24H19F2N3O2S. The Labute approximate surface area is 186 Å². The van der Waals surface area contributed by atoms with Crippen molar-refractivity contribution in [2.24, 2.45) is 0 Å². The number of benzene rings is 2. The van der Waals surface area contributed by atoms with Crippen molar-refractivity contribution in [3.05, 3.63) is 81.0 Å². The number of aromatic nitrogens is 2. The van der Waals surface area contributed by atoms with E-state index in [9.17, 15) is 18.4 Å². The Morgan fingerprint density at radius 3 is 2.66 bits per heavy atom. The van der Waals surface area contributed by atoms with Crippen molar-refractivity contribution >= 4 is 33.1 Å². The third-order valence-corrected chi connectivity index (χ3v) is 6.80. The summed E-state index contributed by atoms with van der Waals surface area (Å²) in [5.41, 5.74) is 1.32. The van der Waals surface area contributed by atoms with Crippen molar-refractivity contribution in [1.82, 2.24) is 9.55 Å². The zero-order valence-electron chi connectivity index (χ0n) is 17.0. The molecular weight excluding hydrogens is 432 g/mol. The molecule has 0 aliphatic heterocycles. The van der Waals surface area contributed by atoms with Gasteiger partial charge in [-0.05, 0) is 43.4 Å². The summed E-state index contributed by atoms with van der Waals surface area (Å²) in [6.07, 6.45) is 3.86. The molecule has 0 atom stereocenters. The van der Waals surface area contributed by atoms with E-state index in [2.05, 4.69) is 5.32 Å². The minimum Gasteiger partial charge on any atom is -0.322 e. The van der Waals surface area contributed by atoms with Crippen LogP contribution in [0.1, 0.15) is 23.3 Å². The predicted octanol–water partition coefficient (Wildman–Crippen LogP) is 4.92. The number of aryl methyl sites for hydroxylation is 2. The molecule has 1 aliphatic rings. The lowest BCUT2D eigenvalue weighted by Crippen LogP contribution is -2.30. The van der Waals surface area contributed by atoms with Gasteiger partial charge in [-0.25, -0.2) is 13.8 Å². The zero-order chi connectivity index (χ0) is 22.2. The first-order valence-corrected chi connectivity index (χ1v) is 11.2. The molecule has 0 saturated carbocycles. The SMILES string of the molecule is O=C(Cn1c(-c2ccccc2)nc2sc3c(c2c1=O)CCCC3)Nc1ccc(F)cc1F. The van der Waals surface area contributed by atoms with Gasteiger partial charge in [0.1, 0.15) is 28.8 Å². The van der Waals surface area contributed by atoms with Gasteiger partial charge in [0.15, 0.2) is 0 Å². The Hall–Kier alpha value is -3.39. The topological polar surface area (TPSA) is 64.0 Å². The fraction of sp³-hybridized carbons (Fsp3) is 0.208. The first kappa shape index (κ1) is 20.5. The number of halogens is 2. The van der Waals surface area contributed by atoms with E-state index >= 15 is 0 Å². The molecule has 2 aromatic heterocycles. The number of nitrogens with zero attached hydrogens (tertiary/aromatic N) is 2. The Morgan fingerprint density at radius 2 is 1.88 bits per heavy atom. The summed E-state index contributed by atoms with van der Waals surface area (Å²) in [6.45, 7) is -0.340. The van der Waals surface area contributed by atoms with E-state index in [4.69, 9.17) is 4.98 Å². The van der Waals surface area contributed by atoms with Crippen molar-refractivity contribution < 1.29 is 13.6 Å². The average molecular weight is 451 g/mol. The lowest BCUT2D eigenvalue weighted by Gasteiger charge is -2.14. The monoisotopic (exact) mass is 451 g/mol. The number of hydrogen-bond donors (Lipinski definition) is 1. The number of carbonyl (C=O) groups excluding carboxylic acids is 1.